The third-order valence-corrected chi connectivity index (χ3v) is 9.23. The van der Waals surface area contributed by atoms with Crippen LogP contribution in [0.1, 0.15) is 36.3 Å². The van der Waals surface area contributed by atoms with Gasteiger partial charge < -0.3 is 25.5 Å². The number of amides is 2. The van der Waals surface area contributed by atoms with E-state index >= 15 is 0 Å². The van der Waals surface area contributed by atoms with Crippen LogP contribution in [0.3, 0.4) is 0 Å². The smallest absolute Gasteiger partial charge is 0.353 e. The lowest BCUT2D eigenvalue weighted by Crippen LogP contribution is -2.63. The molecule has 3 aliphatic rings. The molecule has 0 saturated carbocycles. The molecular formula is C28H30N4O7S. The van der Waals surface area contributed by atoms with E-state index in [-0.39, 0.29) is 34.2 Å². The van der Waals surface area contributed by atoms with Gasteiger partial charge in [-0.1, -0.05) is 19.1 Å². The number of rotatable bonds is 9. The van der Waals surface area contributed by atoms with E-state index in [4.69, 9.17) is 0 Å². The summed E-state index contributed by atoms with van der Waals surface area (Å²) < 4.78 is 0. The number of benzene rings is 1. The van der Waals surface area contributed by atoms with E-state index in [2.05, 4.69) is 10.3 Å². The number of aliphatic hydroxyl groups is 1. The molecule has 4 N–H and O–H groups in total. The first kappa shape index (κ1) is 27.8. The number of hydrogen-bond acceptors (Lipinski definition) is 8. The van der Waals surface area contributed by atoms with Crippen molar-refractivity contribution in [3.05, 3.63) is 70.5 Å². The molecule has 6 atom stereocenters. The first-order chi connectivity index (χ1) is 19.1. The number of pyridine rings is 1. The average molecular weight is 567 g/mol. The van der Waals surface area contributed by atoms with Crippen LogP contribution in [-0.4, -0.2) is 83.8 Å². The minimum Gasteiger partial charge on any atom is -0.478 e. The maximum atomic E-state index is 13.5. The SMILES string of the molecule is C[C@H]1C(S[C@H]2C[C@@H](C(=O)Nc3cccc(C(=O)O)c3)N(Cc3ccccn3)C2)=C(C(=O)O)N2C(=O)[C@H]([C@@H](C)O)C12. The molecule has 2 aromatic rings. The number of β-lactam (4-membered cyclic amide) rings is 1. The quantitative estimate of drug-likeness (QED) is 0.332. The molecule has 2 fully saturated rings. The standard InChI is InChI=1S/C28H30N4O7S/c1-14-22-21(15(2)33)26(35)32(22)23(28(38)39)24(14)40-19-11-20(31(13-19)12-18-7-3-4-9-29-18)25(34)30-17-8-5-6-16(10-17)27(36)37/h3-10,14-15,19-22,33H,11-13H2,1-2H3,(H,30,34)(H,36,37)(H,38,39)/t14-,15-,19+,20+,21-,22?/m1/s1. The van der Waals surface area contributed by atoms with Crippen LogP contribution in [0.4, 0.5) is 5.69 Å². The summed E-state index contributed by atoms with van der Waals surface area (Å²) in [5.74, 6) is -3.90. The van der Waals surface area contributed by atoms with E-state index in [9.17, 15) is 34.5 Å². The number of anilines is 1. The van der Waals surface area contributed by atoms with Gasteiger partial charge in [-0.2, -0.15) is 0 Å². The van der Waals surface area contributed by atoms with Gasteiger partial charge in [-0.05, 0) is 43.7 Å². The van der Waals surface area contributed by atoms with E-state index < -0.39 is 36.0 Å². The number of likely N-dealkylation sites (tertiary alicyclic amines) is 1. The first-order valence-corrected chi connectivity index (χ1v) is 13.9. The van der Waals surface area contributed by atoms with Gasteiger partial charge in [0.1, 0.15) is 5.70 Å². The molecule has 5 rings (SSSR count). The fourth-order valence-corrected chi connectivity index (χ4v) is 7.46. The summed E-state index contributed by atoms with van der Waals surface area (Å²) in [6.07, 6.45) is 1.20. The molecule has 2 saturated heterocycles. The Kier molecular flexibility index (Phi) is 7.67. The number of nitrogens with zero attached hydrogens (tertiary/aromatic N) is 3. The summed E-state index contributed by atoms with van der Waals surface area (Å²) in [6, 6.07) is 10.6. The Labute approximate surface area is 234 Å². The van der Waals surface area contributed by atoms with Gasteiger partial charge in [0.05, 0.1) is 35.4 Å². The van der Waals surface area contributed by atoms with Crippen molar-refractivity contribution in [1.29, 1.82) is 0 Å². The van der Waals surface area contributed by atoms with Gasteiger partial charge in [0.2, 0.25) is 11.8 Å². The van der Waals surface area contributed by atoms with Crippen molar-refractivity contribution in [2.24, 2.45) is 11.8 Å². The van der Waals surface area contributed by atoms with Gasteiger partial charge in [0.15, 0.2) is 0 Å². The highest BCUT2D eigenvalue weighted by atomic mass is 32.2. The van der Waals surface area contributed by atoms with Gasteiger partial charge in [-0.25, -0.2) is 9.59 Å². The van der Waals surface area contributed by atoms with Crippen LogP contribution in [-0.2, 0) is 20.9 Å². The van der Waals surface area contributed by atoms with E-state index in [1.165, 1.54) is 28.8 Å². The second-order valence-corrected chi connectivity index (χ2v) is 11.7. The monoisotopic (exact) mass is 566 g/mol. The molecule has 0 spiro atoms. The summed E-state index contributed by atoms with van der Waals surface area (Å²) in [7, 11) is 0. The van der Waals surface area contributed by atoms with Crippen LogP contribution in [0.5, 0.6) is 0 Å². The summed E-state index contributed by atoms with van der Waals surface area (Å²) in [4.78, 5) is 58.1. The lowest BCUT2D eigenvalue weighted by molar-refractivity contribution is -0.163. The number of aliphatic carboxylic acids is 1. The molecule has 1 aromatic heterocycles. The van der Waals surface area contributed by atoms with E-state index in [1.807, 2.05) is 24.0 Å². The number of aliphatic hydroxyl groups excluding tert-OH is 1. The Morgan fingerprint density at radius 2 is 1.93 bits per heavy atom. The lowest BCUT2D eigenvalue weighted by Gasteiger charge is -2.46. The van der Waals surface area contributed by atoms with E-state index in [0.717, 1.165) is 5.69 Å². The maximum Gasteiger partial charge on any atom is 0.353 e. The predicted molar refractivity (Wildman–Crippen MR) is 146 cm³/mol. The van der Waals surface area contributed by atoms with Gasteiger partial charge >= 0.3 is 11.9 Å². The zero-order valence-electron chi connectivity index (χ0n) is 21.9. The fraction of sp³-hybridized carbons (Fsp3) is 0.393. The third-order valence-electron chi connectivity index (χ3n) is 7.74. The summed E-state index contributed by atoms with van der Waals surface area (Å²) in [5, 5.41) is 32.1. The molecule has 4 heterocycles. The predicted octanol–water partition coefficient (Wildman–Crippen LogP) is 2.25. The second-order valence-electron chi connectivity index (χ2n) is 10.4. The Hall–Kier alpha value is -3.74. The molecule has 1 aromatic carbocycles. The van der Waals surface area contributed by atoms with Crippen LogP contribution in [0, 0.1) is 11.8 Å². The van der Waals surface area contributed by atoms with Crippen LogP contribution >= 0.6 is 11.8 Å². The van der Waals surface area contributed by atoms with Crippen molar-refractivity contribution >= 4 is 41.2 Å². The van der Waals surface area contributed by atoms with Crippen molar-refractivity contribution in [3.63, 3.8) is 0 Å². The third kappa shape index (κ3) is 5.09. The number of aromatic carboxylic acids is 1. The highest BCUT2D eigenvalue weighted by Gasteiger charge is 2.60. The molecule has 0 aliphatic carbocycles. The largest absolute Gasteiger partial charge is 0.478 e. The van der Waals surface area contributed by atoms with Crippen molar-refractivity contribution in [2.75, 3.05) is 11.9 Å². The maximum absolute atomic E-state index is 13.5. The number of carboxylic acid groups (broad SMARTS) is 2. The fourth-order valence-electron chi connectivity index (χ4n) is 5.91. The summed E-state index contributed by atoms with van der Waals surface area (Å²) in [6.45, 7) is 4.27. The van der Waals surface area contributed by atoms with Crippen LogP contribution in [0.15, 0.2) is 59.3 Å². The molecular weight excluding hydrogens is 536 g/mol. The topological polar surface area (TPSA) is 160 Å². The second kappa shape index (κ2) is 11.0. The van der Waals surface area contributed by atoms with Gasteiger partial charge in [-0.3, -0.25) is 19.5 Å². The molecule has 210 valence electrons. The molecule has 1 unspecified atom stereocenters. The van der Waals surface area contributed by atoms with Crippen LogP contribution in [0.2, 0.25) is 0 Å². The van der Waals surface area contributed by atoms with Crippen molar-refractivity contribution in [3.8, 4) is 0 Å². The zero-order chi connectivity index (χ0) is 28.7. The number of fused-ring (bicyclic) bond motifs is 1. The number of thioether (sulfide) groups is 1. The molecule has 0 bridgehead atoms. The Balaban J connectivity index is 1.38. The summed E-state index contributed by atoms with van der Waals surface area (Å²) in [5.41, 5.74) is 1.15. The molecule has 2 amide bonds. The van der Waals surface area contributed by atoms with Gasteiger partial charge in [-0.15, -0.1) is 11.8 Å². The number of aromatic nitrogens is 1. The summed E-state index contributed by atoms with van der Waals surface area (Å²) >= 11 is 1.37. The normalized spacial score (nSPS) is 26.8. The average Bonchev–Trinajstić information content (AvgIpc) is 3.41. The van der Waals surface area contributed by atoms with Crippen molar-refractivity contribution in [2.45, 2.75) is 50.3 Å². The van der Waals surface area contributed by atoms with E-state index in [0.29, 0.717) is 30.1 Å². The minimum absolute atomic E-state index is 0.0425. The van der Waals surface area contributed by atoms with Crippen LogP contribution < -0.4 is 5.32 Å². The number of hydrogen-bond donors (Lipinski definition) is 4. The van der Waals surface area contributed by atoms with Crippen molar-refractivity contribution in [1.82, 2.24) is 14.8 Å². The number of nitrogens with one attached hydrogen (secondary N) is 1. The van der Waals surface area contributed by atoms with Crippen LogP contribution in [0.25, 0.3) is 0 Å². The Morgan fingerprint density at radius 3 is 2.58 bits per heavy atom. The minimum atomic E-state index is -1.19. The molecule has 40 heavy (non-hydrogen) atoms. The molecule has 11 nitrogen and oxygen atoms in total. The molecule has 12 heteroatoms. The van der Waals surface area contributed by atoms with Gasteiger partial charge in [0, 0.05) is 41.0 Å². The number of carboxylic acids is 2. The highest BCUT2D eigenvalue weighted by molar-refractivity contribution is 8.03. The van der Waals surface area contributed by atoms with Gasteiger partial charge in [0.25, 0.3) is 0 Å². The number of carbonyl (C=O) groups is 4. The highest BCUT2D eigenvalue weighted by Crippen LogP contribution is 2.52. The molecule has 3 aliphatic heterocycles. The molecule has 0 radical (unpaired) electrons. The number of carbonyl (C=O) groups excluding carboxylic acids is 2. The lowest BCUT2D eigenvalue weighted by atomic mass is 9.79. The Morgan fingerprint density at radius 1 is 1.15 bits per heavy atom. The first-order valence-electron chi connectivity index (χ1n) is 13.0. The van der Waals surface area contributed by atoms with Crippen molar-refractivity contribution < 1.29 is 34.5 Å². The zero-order valence-corrected chi connectivity index (χ0v) is 22.7. The Bertz CT molecular complexity index is 1380. The van der Waals surface area contributed by atoms with E-state index in [1.54, 1.807) is 31.3 Å².